The summed E-state index contributed by atoms with van der Waals surface area (Å²) in [6, 6.07) is 11.3. The van der Waals surface area contributed by atoms with E-state index in [1.807, 2.05) is 11.5 Å². The van der Waals surface area contributed by atoms with Crippen LogP contribution in [-0.2, 0) is 13.2 Å². The number of halogens is 1. The number of hydrogen-bond acceptors (Lipinski definition) is 7. The van der Waals surface area contributed by atoms with E-state index in [2.05, 4.69) is 10.2 Å². The fourth-order valence-corrected chi connectivity index (χ4v) is 3.56. The molecule has 2 aromatic carbocycles. The van der Waals surface area contributed by atoms with Gasteiger partial charge in [0.05, 0.1) is 9.82 Å². The van der Waals surface area contributed by atoms with Crippen LogP contribution < -0.4 is 4.74 Å². The lowest BCUT2D eigenvalue weighted by molar-refractivity contribution is -0.387. The van der Waals surface area contributed by atoms with Gasteiger partial charge in [-0.3, -0.25) is 14.9 Å². The summed E-state index contributed by atoms with van der Waals surface area (Å²) in [6.45, 7) is 2.67. The number of nitro benzene ring substituents is 1. The molecule has 0 spiro atoms. The summed E-state index contributed by atoms with van der Waals surface area (Å²) in [7, 11) is 0. The Morgan fingerprint density at radius 3 is 2.64 bits per heavy atom. The molecule has 144 valence electrons. The molecule has 0 atom stereocenters. The second kappa shape index (κ2) is 8.85. The van der Waals surface area contributed by atoms with Crippen LogP contribution in [0.3, 0.4) is 0 Å². The van der Waals surface area contributed by atoms with Gasteiger partial charge in [-0.05, 0) is 49.0 Å². The van der Waals surface area contributed by atoms with Crippen LogP contribution in [0, 0.1) is 10.1 Å². The van der Waals surface area contributed by atoms with Crippen molar-refractivity contribution in [2.75, 3.05) is 0 Å². The van der Waals surface area contributed by atoms with E-state index in [1.165, 1.54) is 18.2 Å². The average Bonchev–Trinajstić information content (AvgIpc) is 3.09. The topological polar surface area (TPSA) is 100 Å². The van der Waals surface area contributed by atoms with Crippen molar-refractivity contribution < 1.29 is 14.5 Å². The van der Waals surface area contributed by atoms with Gasteiger partial charge in [-0.25, -0.2) is 0 Å². The van der Waals surface area contributed by atoms with Gasteiger partial charge < -0.3 is 9.30 Å². The van der Waals surface area contributed by atoms with Gasteiger partial charge in [-0.15, -0.1) is 10.2 Å². The van der Waals surface area contributed by atoms with Gasteiger partial charge >= 0.3 is 0 Å². The first-order valence-corrected chi connectivity index (χ1v) is 9.43. The minimum absolute atomic E-state index is 0.154. The lowest BCUT2D eigenvalue weighted by atomic mass is 10.2. The van der Waals surface area contributed by atoms with E-state index < -0.39 is 4.92 Å². The molecule has 0 saturated carbocycles. The molecule has 0 amide bonds. The molecule has 28 heavy (non-hydrogen) atoms. The molecular weight excluding hydrogens is 404 g/mol. The van der Waals surface area contributed by atoms with Crippen molar-refractivity contribution in [1.82, 2.24) is 14.8 Å². The maximum Gasteiger partial charge on any atom is 0.284 e. The van der Waals surface area contributed by atoms with Crippen LogP contribution >= 0.6 is 23.4 Å². The first-order valence-electron chi connectivity index (χ1n) is 8.23. The highest BCUT2D eigenvalue weighted by Gasteiger charge is 2.20. The molecule has 0 aliphatic heterocycles. The summed E-state index contributed by atoms with van der Waals surface area (Å²) in [4.78, 5) is 22.1. The monoisotopic (exact) mass is 418 g/mol. The van der Waals surface area contributed by atoms with Crippen molar-refractivity contribution in [2.24, 2.45) is 0 Å². The Balaban J connectivity index is 1.81. The number of aldehydes is 1. The summed E-state index contributed by atoms with van der Waals surface area (Å²) < 4.78 is 7.52. The van der Waals surface area contributed by atoms with Crippen LogP contribution in [0.5, 0.6) is 5.75 Å². The normalized spacial score (nSPS) is 10.6. The van der Waals surface area contributed by atoms with Gasteiger partial charge in [0.2, 0.25) is 0 Å². The fraction of sp³-hybridized carbons (Fsp3) is 0.167. The van der Waals surface area contributed by atoms with Crippen molar-refractivity contribution in [3.63, 3.8) is 0 Å². The van der Waals surface area contributed by atoms with E-state index in [9.17, 15) is 14.9 Å². The SMILES string of the molecule is CCn1c(COc2ccc(Cl)cc2)nnc1Sc1ccc(C=O)cc1[N+](=O)[O-]. The van der Waals surface area contributed by atoms with E-state index in [0.29, 0.717) is 39.5 Å². The average molecular weight is 419 g/mol. The molecule has 0 unspecified atom stereocenters. The predicted octanol–water partition coefficient (Wildman–Crippen LogP) is 4.40. The first-order chi connectivity index (χ1) is 13.5. The van der Waals surface area contributed by atoms with Gasteiger partial charge in [0.15, 0.2) is 11.0 Å². The molecule has 0 N–H and O–H groups in total. The third-order valence-corrected chi connectivity index (χ3v) is 5.11. The van der Waals surface area contributed by atoms with Gasteiger partial charge in [0.25, 0.3) is 5.69 Å². The van der Waals surface area contributed by atoms with E-state index in [4.69, 9.17) is 16.3 Å². The van der Waals surface area contributed by atoms with E-state index in [0.717, 1.165) is 11.8 Å². The summed E-state index contributed by atoms with van der Waals surface area (Å²) in [6.07, 6.45) is 0.572. The van der Waals surface area contributed by atoms with Crippen LogP contribution in [-0.4, -0.2) is 26.0 Å². The number of nitrogens with zero attached hydrogens (tertiary/aromatic N) is 4. The minimum Gasteiger partial charge on any atom is -0.486 e. The quantitative estimate of drug-likeness (QED) is 0.303. The zero-order valence-corrected chi connectivity index (χ0v) is 16.3. The molecule has 3 aromatic rings. The number of ether oxygens (including phenoxy) is 1. The largest absolute Gasteiger partial charge is 0.486 e. The van der Waals surface area contributed by atoms with Crippen LogP contribution in [0.1, 0.15) is 23.1 Å². The number of carbonyl (C=O) groups excluding carboxylic acids is 1. The maximum atomic E-state index is 11.3. The molecule has 0 saturated heterocycles. The Hall–Kier alpha value is -2.91. The van der Waals surface area contributed by atoms with Crippen molar-refractivity contribution in [3.8, 4) is 5.75 Å². The third-order valence-electron chi connectivity index (χ3n) is 3.81. The van der Waals surface area contributed by atoms with E-state index >= 15 is 0 Å². The predicted molar refractivity (Wildman–Crippen MR) is 104 cm³/mol. The Labute approximate surface area is 169 Å². The van der Waals surface area contributed by atoms with Gasteiger partial charge in [0.1, 0.15) is 18.6 Å². The van der Waals surface area contributed by atoms with Crippen molar-refractivity contribution in [2.45, 2.75) is 30.1 Å². The summed E-state index contributed by atoms with van der Waals surface area (Å²) >= 11 is 6.98. The lowest BCUT2D eigenvalue weighted by Crippen LogP contribution is -2.07. The maximum absolute atomic E-state index is 11.3. The number of hydrogen-bond donors (Lipinski definition) is 0. The summed E-state index contributed by atoms with van der Waals surface area (Å²) in [5, 5.41) is 20.7. The van der Waals surface area contributed by atoms with Crippen LogP contribution in [0.2, 0.25) is 5.02 Å². The van der Waals surface area contributed by atoms with Crippen LogP contribution in [0.4, 0.5) is 5.69 Å². The number of aromatic nitrogens is 3. The Morgan fingerprint density at radius 2 is 2.00 bits per heavy atom. The van der Waals surface area contributed by atoms with Crippen LogP contribution in [0.25, 0.3) is 0 Å². The van der Waals surface area contributed by atoms with Gasteiger partial charge in [-0.2, -0.15) is 0 Å². The van der Waals surface area contributed by atoms with Crippen molar-refractivity contribution in [1.29, 1.82) is 0 Å². The summed E-state index contributed by atoms with van der Waals surface area (Å²) in [5.74, 6) is 1.23. The lowest BCUT2D eigenvalue weighted by Gasteiger charge is -2.09. The molecular formula is C18H15ClN4O4S. The van der Waals surface area contributed by atoms with Crippen molar-refractivity contribution in [3.05, 3.63) is 69.0 Å². The molecule has 0 aliphatic carbocycles. The van der Waals surface area contributed by atoms with Gasteiger partial charge in [-0.1, -0.05) is 17.7 Å². The van der Waals surface area contributed by atoms with Gasteiger partial charge in [0, 0.05) is 23.2 Å². The van der Waals surface area contributed by atoms with E-state index in [1.54, 1.807) is 24.3 Å². The Kier molecular flexibility index (Phi) is 6.27. The molecule has 1 aromatic heterocycles. The number of benzene rings is 2. The molecule has 0 bridgehead atoms. The van der Waals surface area contributed by atoms with E-state index in [-0.39, 0.29) is 17.9 Å². The highest BCUT2D eigenvalue weighted by Crippen LogP contribution is 2.34. The molecule has 0 radical (unpaired) electrons. The highest BCUT2D eigenvalue weighted by molar-refractivity contribution is 7.99. The number of nitro groups is 1. The fourth-order valence-electron chi connectivity index (χ4n) is 2.43. The zero-order chi connectivity index (χ0) is 20.1. The zero-order valence-electron chi connectivity index (χ0n) is 14.7. The summed E-state index contributed by atoms with van der Waals surface area (Å²) in [5.41, 5.74) is 0.0873. The Bertz CT molecular complexity index is 1010. The first kappa shape index (κ1) is 19.8. The molecule has 0 fully saturated rings. The molecule has 1 heterocycles. The number of rotatable bonds is 8. The van der Waals surface area contributed by atoms with Crippen LogP contribution in [0.15, 0.2) is 52.5 Å². The standard InChI is InChI=1S/C18H15ClN4O4S/c1-2-22-17(11-27-14-6-4-13(19)5-7-14)20-21-18(22)28-16-8-3-12(10-24)9-15(16)23(25)26/h3-10H,2,11H2,1H3. The third kappa shape index (κ3) is 4.49. The Morgan fingerprint density at radius 1 is 1.25 bits per heavy atom. The smallest absolute Gasteiger partial charge is 0.284 e. The minimum atomic E-state index is -0.521. The second-order valence-electron chi connectivity index (χ2n) is 5.59. The molecule has 10 heteroatoms. The number of carbonyl (C=O) groups is 1. The highest BCUT2D eigenvalue weighted by atomic mass is 35.5. The van der Waals surface area contributed by atoms with Crippen molar-refractivity contribution >= 4 is 35.3 Å². The molecule has 0 aliphatic rings. The molecule has 8 nitrogen and oxygen atoms in total. The molecule has 3 rings (SSSR count). The second-order valence-corrected chi connectivity index (χ2v) is 7.04.